The van der Waals surface area contributed by atoms with Crippen molar-refractivity contribution in [2.24, 2.45) is 5.14 Å². The Morgan fingerprint density at radius 2 is 1.81 bits per heavy atom. The zero-order chi connectivity index (χ0) is 14.4. The van der Waals surface area contributed by atoms with Gasteiger partial charge in [-0.05, 0) is 29.8 Å². The average molecular weight is 328 g/mol. The Morgan fingerprint density at radius 3 is 2.38 bits per heavy atom. The summed E-state index contributed by atoms with van der Waals surface area (Å²) in [5.41, 5.74) is 2.15. The average Bonchev–Trinajstić information content (AvgIpc) is 2.44. The van der Waals surface area contributed by atoms with Gasteiger partial charge in [-0.1, -0.05) is 18.2 Å². The molecule has 7 heteroatoms. The Bertz CT molecular complexity index is 646. The molecule has 21 heavy (non-hydrogen) atoms. The monoisotopic (exact) mass is 327 g/mol. The normalized spacial score (nSPS) is 10.9. The van der Waals surface area contributed by atoms with Crippen molar-refractivity contribution in [3.05, 3.63) is 59.9 Å². The first-order chi connectivity index (χ1) is 9.55. The topological polar surface area (TPSA) is 89.7 Å². The number of rotatable bonds is 6. The van der Waals surface area contributed by atoms with Gasteiger partial charge in [0.25, 0.3) is 0 Å². The fourth-order valence-electron chi connectivity index (χ4n) is 1.88. The molecule has 0 amide bonds. The Morgan fingerprint density at radius 1 is 1.10 bits per heavy atom. The number of hydrogen-bond acceptors (Lipinski definition) is 3. The molecule has 1 aromatic carbocycles. The lowest BCUT2D eigenvalue weighted by atomic mass is 10.1. The third kappa shape index (κ3) is 5.81. The van der Waals surface area contributed by atoms with Gasteiger partial charge in [0.2, 0.25) is 10.0 Å². The van der Waals surface area contributed by atoms with E-state index >= 15 is 0 Å². The SMILES string of the molecule is NS(=O)(=O)c1ccc(CC[NH2+]Cc2ccccn2)cc1.[Cl-]. The van der Waals surface area contributed by atoms with E-state index in [2.05, 4.69) is 10.3 Å². The Kier molecular flexibility index (Phi) is 6.77. The fraction of sp³-hybridized carbons (Fsp3) is 0.214. The van der Waals surface area contributed by atoms with Crippen LogP contribution in [0.25, 0.3) is 0 Å². The molecule has 4 N–H and O–H groups in total. The summed E-state index contributed by atoms with van der Waals surface area (Å²) in [5, 5.41) is 7.23. The van der Waals surface area contributed by atoms with Crippen molar-refractivity contribution in [1.29, 1.82) is 0 Å². The highest BCUT2D eigenvalue weighted by molar-refractivity contribution is 7.89. The molecular formula is C14H18ClN3O2S. The van der Waals surface area contributed by atoms with Crippen LogP contribution in [0.3, 0.4) is 0 Å². The Labute approximate surface area is 131 Å². The maximum atomic E-state index is 11.1. The highest BCUT2D eigenvalue weighted by atomic mass is 35.5. The van der Waals surface area contributed by atoms with Gasteiger partial charge in [0.15, 0.2) is 0 Å². The first-order valence-electron chi connectivity index (χ1n) is 6.39. The largest absolute Gasteiger partial charge is 1.00 e. The van der Waals surface area contributed by atoms with Crippen LogP contribution in [0.1, 0.15) is 11.3 Å². The molecule has 0 aliphatic heterocycles. The van der Waals surface area contributed by atoms with Gasteiger partial charge in [0.05, 0.1) is 17.1 Å². The van der Waals surface area contributed by atoms with Crippen LogP contribution in [-0.4, -0.2) is 19.9 Å². The molecule has 0 spiro atoms. The predicted molar refractivity (Wildman–Crippen MR) is 76.3 cm³/mol. The van der Waals surface area contributed by atoms with Gasteiger partial charge in [0, 0.05) is 12.6 Å². The molecule has 0 aliphatic carbocycles. The second-order valence-electron chi connectivity index (χ2n) is 4.54. The van der Waals surface area contributed by atoms with E-state index in [1.807, 2.05) is 18.2 Å². The highest BCUT2D eigenvalue weighted by Crippen LogP contribution is 2.08. The third-order valence-electron chi connectivity index (χ3n) is 2.97. The summed E-state index contributed by atoms with van der Waals surface area (Å²) in [6, 6.07) is 12.6. The van der Waals surface area contributed by atoms with E-state index in [0.29, 0.717) is 0 Å². The van der Waals surface area contributed by atoms with E-state index in [1.165, 1.54) is 0 Å². The number of nitrogens with zero attached hydrogens (tertiary/aromatic N) is 1. The van der Waals surface area contributed by atoms with Gasteiger partial charge in [-0.2, -0.15) is 0 Å². The minimum atomic E-state index is -3.60. The molecule has 1 heterocycles. The lowest BCUT2D eigenvalue weighted by molar-refractivity contribution is -0.670. The molecule has 2 rings (SSSR count). The van der Waals surface area contributed by atoms with Gasteiger partial charge in [-0.3, -0.25) is 4.98 Å². The van der Waals surface area contributed by atoms with E-state index in [0.717, 1.165) is 30.8 Å². The van der Waals surface area contributed by atoms with Crippen LogP contribution >= 0.6 is 0 Å². The number of quaternary nitrogens is 1. The van der Waals surface area contributed by atoms with Crippen LogP contribution < -0.4 is 22.9 Å². The molecule has 1 aromatic heterocycles. The number of primary sulfonamides is 1. The third-order valence-corrected chi connectivity index (χ3v) is 3.90. The number of hydrogen-bond donors (Lipinski definition) is 2. The summed E-state index contributed by atoms with van der Waals surface area (Å²) in [6.07, 6.45) is 2.66. The van der Waals surface area contributed by atoms with Crippen molar-refractivity contribution in [3.8, 4) is 0 Å². The molecule has 0 fully saturated rings. The molecule has 0 radical (unpaired) electrons. The summed E-state index contributed by atoms with van der Waals surface area (Å²) in [6.45, 7) is 1.77. The minimum Gasteiger partial charge on any atom is -1.00 e. The standard InChI is InChI=1S/C14H17N3O2S.ClH/c15-20(18,19)14-6-4-12(5-7-14)8-10-16-11-13-3-1-2-9-17-13;/h1-7,9,16H,8,10-11H2,(H2,15,18,19);1H. The van der Waals surface area contributed by atoms with E-state index in [-0.39, 0.29) is 17.3 Å². The maximum absolute atomic E-state index is 11.1. The summed E-state index contributed by atoms with van der Waals surface area (Å²) in [5.74, 6) is 0. The van der Waals surface area contributed by atoms with Crippen molar-refractivity contribution < 1.29 is 26.1 Å². The first kappa shape index (κ1) is 17.6. The Balaban J connectivity index is 0.00000220. The van der Waals surface area contributed by atoms with Crippen molar-refractivity contribution in [2.75, 3.05) is 6.54 Å². The van der Waals surface area contributed by atoms with Crippen LogP contribution in [0.4, 0.5) is 0 Å². The summed E-state index contributed by atoms with van der Waals surface area (Å²) >= 11 is 0. The van der Waals surface area contributed by atoms with Gasteiger partial charge in [-0.25, -0.2) is 13.6 Å². The lowest BCUT2D eigenvalue weighted by Gasteiger charge is -2.03. The summed E-state index contributed by atoms with van der Waals surface area (Å²) < 4.78 is 22.3. The Hall–Kier alpha value is -1.47. The molecular weight excluding hydrogens is 310 g/mol. The smallest absolute Gasteiger partial charge is 0.238 e. The number of benzene rings is 1. The van der Waals surface area contributed by atoms with Gasteiger partial charge < -0.3 is 17.7 Å². The molecule has 5 nitrogen and oxygen atoms in total. The molecule has 0 saturated carbocycles. The van der Waals surface area contributed by atoms with Crippen molar-refractivity contribution in [3.63, 3.8) is 0 Å². The predicted octanol–water partition coefficient (Wildman–Crippen LogP) is -2.96. The second kappa shape index (κ2) is 8.09. The van der Waals surface area contributed by atoms with Crippen molar-refractivity contribution in [2.45, 2.75) is 17.9 Å². The van der Waals surface area contributed by atoms with E-state index in [4.69, 9.17) is 5.14 Å². The minimum absolute atomic E-state index is 0. The van der Waals surface area contributed by atoms with Gasteiger partial charge >= 0.3 is 0 Å². The zero-order valence-electron chi connectivity index (χ0n) is 11.4. The van der Waals surface area contributed by atoms with Crippen LogP contribution in [-0.2, 0) is 23.0 Å². The molecule has 2 aromatic rings. The van der Waals surface area contributed by atoms with E-state index in [1.54, 1.807) is 30.5 Å². The zero-order valence-corrected chi connectivity index (χ0v) is 13.0. The first-order valence-corrected chi connectivity index (χ1v) is 7.93. The fourth-order valence-corrected chi connectivity index (χ4v) is 2.40. The van der Waals surface area contributed by atoms with E-state index < -0.39 is 10.0 Å². The van der Waals surface area contributed by atoms with Crippen molar-refractivity contribution >= 4 is 10.0 Å². The van der Waals surface area contributed by atoms with Crippen LogP contribution in [0.2, 0.25) is 0 Å². The molecule has 0 bridgehead atoms. The molecule has 0 atom stereocenters. The summed E-state index contributed by atoms with van der Waals surface area (Å²) in [4.78, 5) is 4.40. The maximum Gasteiger partial charge on any atom is 0.238 e. The summed E-state index contributed by atoms with van der Waals surface area (Å²) in [7, 11) is -3.60. The number of halogens is 1. The van der Waals surface area contributed by atoms with Gasteiger partial charge in [-0.15, -0.1) is 0 Å². The van der Waals surface area contributed by atoms with E-state index in [9.17, 15) is 8.42 Å². The van der Waals surface area contributed by atoms with Crippen LogP contribution in [0.5, 0.6) is 0 Å². The number of nitrogens with two attached hydrogens (primary N) is 2. The number of pyridine rings is 1. The number of sulfonamides is 1. The lowest BCUT2D eigenvalue weighted by Crippen LogP contribution is -3.00. The quantitative estimate of drug-likeness (QED) is 0.556. The molecule has 0 aliphatic rings. The van der Waals surface area contributed by atoms with Gasteiger partial charge in [0.1, 0.15) is 6.54 Å². The highest BCUT2D eigenvalue weighted by Gasteiger charge is 2.06. The van der Waals surface area contributed by atoms with Crippen LogP contribution in [0.15, 0.2) is 53.6 Å². The molecule has 0 unspecified atom stereocenters. The number of aromatic nitrogens is 1. The molecule has 114 valence electrons. The van der Waals surface area contributed by atoms with Crippen molar-refractivity contribution in [1.82, 2.24) is 4.98 Å². The van der Waals surface area contributed by atoms with Crippen LogP contribution in [0, 0.1) is 0 Å². The second-order valence-corrected chi connectivity index (χ2v) is 6.10. The molecule has 0 saturated heterocycles.